The highest BCUT2D eigenvalue weighted by atomic mass is 35.5. The van der Waals surface area contributed by atoms with E-state index in [9.17, 15) is 9.18 Å². The number of hydrogen-bond acceptors (Lipinski definition) is 3. The SMILES string of the molecule is O=C(N[C@@H]1CCN(c2cccc(Cl)c2)C1)c1ccncc1F. The molecule has 1 saturated heterocycles. The van der Waals surface area contributed by atoms with Gasteiger partial charge in [0.2, 0.25) is 0 Å². The number of pyridine rings is 1. The first kappa shape index (κ1) is 14.8. The van der Waals surface area contributed by atoms with E-state index >= 15 is 0 Å². The minimum atomic E-state index is -0.607. The molecule has 0 spiro atoms. The van der Waals surface area contributed by atoms with E-state index in [0.29, 0.717) is 11.6 Å². The van der Waals surface area contributed by atoms with Crippen molar-refractivity contribution in [2.75, 3.05) is 18.0 Å². The highest BCUT2D eigenvalue weighted by molar-refractivity contribution is 6.30. The number of carbonyl (C=O) groups excluding carboxylic acids is 1. The second-order valence-corrected chi connectivity index (χ2v) is 5.68. The first-order chi connectivity index (χ1) is 10.6. The summed E-state index contributed by atoms with van der Waals surface area (Å²) in [5, 5.41) is 3.55. The lowest BCUT2D eigenvalue weighted by Gasteiger charge is -2.19. The van der Waals surface area contributed by atoms with Gasteiger partial charge in [0.25, 0.3) is 5.91 Å². The Morgan fingerprint density at radius 2 is 2.27 bits per heavy atom. The van der Waals surface area contributed by atoms with Gasteiger partial charge < -0.3 is 10.2 Å². The van der Waals surface area contributed by atoms with Crippen LogP contribution in [-0.2, 0) is 0 Å². The first-order valence-electron chi connectivity index (χ1n) is 7.04. The predicted octanol–water partition coefficient (Wildman–Crippen LogP) is 2.88. The van der Waals surface area contributed by atoms with Gasteiger partial charge in [0.15, 0.2) is 5.82 Å². The average Bonchev–Trinajstić information content (AvgIpc) is 2.96. The molecule has 1 N–H and O–H groups in total. The van der Waals surface area contributed by atoms with Crippen molar-refractivity contribution in [1.82, 2.24) is 10.3 Å². The molecule has 1 aliphatic heterocycles. The second-order valence-electron chi connectivity index (χ2n) is 5.24. The zero-order valence-corrected chi connectivity index (χ0v) is 12.6. The third-order valence-electron chi connectivity index (χ3n) is 3.71. The summed E-state index contributed by atoms with van der Waals surface area (Å²) in [6, 6.07) is 8.98. The zero-order valence-electron chi connectivity index (χ0n) is 11.8. The van der Waals surface area contributed by atoms with E-state index in [2.05, 4.69) is 15.2 Å². The highest BCUT2D eigenvalue weighted by Gasteiger charge is 2.25. The lowest BCUT2D eigenvalue weighted by molar-refractivity contribution is 0.0936. The number of amides is 1. The molecule has 1 aromatic carbocycles. The molecule has 0 radical (unpaired) electrons. The molecule has 0 unspecified atom stereocenters. The standard InChI is InChI=1S/C16H15ClFN3O/c17-11-2-1-3-13(8-11)21-7-5-12(10-21)20-16(22)14-4-6-19-9-15(14)18/h1-4,6,8-9,12H,5,7,10H2,(H,20,22)/t12-/m1/s1. The zero-order chi connectivity index (χ0) is 15.5. The molecular weight excluding hydrogens is 305 g/mol. The summed E-state index contributed by atoms with van der Waals surface area (Å²) in [6.07, 6.45) is 3.26. The van der Waals surface area contributed by atoms with Crippen molar-refractivity contribution in [3.05, 3.63) is 59.1 Å². The van der Waals surface area contributed by atoms with Gasteiger partial charge in [-0.15, -0.1) is 0 Å². The Hall–Kier alpha value is -2.14. The molecule has 1 aliphatic rings. The van der Waals surface area contributed by atoms with Crippen molar-refractivity contribution in [1.29, 1.82) is 0 Å². The van der Waals surface area contributed by atoms with Gasteiger partial charge in [0.1, 0.15) is 0 Å². The van der Waals surface area contributed by atoms with E-state index in [1.165, 1.54) is 12.3 Å². The number of rotatable bonds is 3. The normalized spacial score (nSPS) is 17.5. The molecule has 22 heavy (non-hydrogen) atoms. The van der Waals surface area contributed by atoms with Gasteiger partial charge >= 0.3 is 0 Å². The fourth-order valence-corrected chi connectivity index (χ4v) is 2.79. The maximum Gasteiger partial charge on any atom is 0.254 e. The van der Waals surface area contributed by atoms with E-state index in [1.54, 1.807) is 0 Å². The van der Waals surface area contributed by atoms with Crippen LogP contribution >= 0.6 is 11.6 Å². The largest absolute Gasteiger partial charge is 0.369 e. The molecule has 1 amide bonds. The molecule has 4 nitrogen and oxygen atoms in total. The van der Waals surface area contributed by atoms with Gasteiger partial charge in [0.05, 0.1) is 11.8 Å². The molecule has 1 aromatic heterocycles. The minimum Gasteiger partial charge on any atom is -0.369 e. The summed E-state index contributed by atoms with van der Waals surface area (Å²) in [5.41, 5.74) is 1.05. The number of carbonyl (C=O) groups is 1. The maximum atomic E-state index is 13.6. The smallest absolute Gasteiger partial charge is 0.254 e. The van der Waals surface area contributed by atoms with Crippen LogP contribution in [0.4, 0.5) is 10.1 Å². The van der Waals surface area contributed by atoms with Crippen LogP contribution in [0.5, 0.6) is 0 Å². The molecule has 114 valence electrons. The van der Waals surface area contributed by atoms with Gasteiger partial charge in [0, 0.05) is 36.0 Å². The van der Waals surface area contributed by atoms with Gasteiger partial charge in [-0.2, -0.15) is 0 Å². The van der Waals surface area contributed by atoms with Crippen LogP contribution < -0.4 is 10.2 Å². The van der Waals surface area contributed by atoms with Gasteiger partial charge in [-0.3, -0.25) is 9.78 Å². The Morgan fingerprint density at radius 3 is 3.05 bits per heavy atom. The van der Waals surface area contributed by atoms with Crippen LogP contribution in [0.3, 0.4) is 0 Å². The summed E-state index contributed by atoms with van der Waals surface area (Å²) in [7, 11) is 0. The predicted molar refractivity (Wildman–Crippen MR) is 83.7 cm³/mol. The van der Waals surface area contributed by atoms with Crippen LogP contribution in [0, 0.1) is 5.82 Å². The van der Waals surface area contributed by atoms with E-state index in [-0.39, 0.29) is 11.6 Å². The summed E-state index contributed by atoms with van der Waals surface area (Å²) in [5.74, 6) is -1.01. The van der Waals surface area contributed by atoms with Gasteiger partial charge in [-0.05, 0) is 30.7 Å². The van der Waals surface area contributed by atoms with Gasteiger partial charge in [-0.25, -0.2) is 4.39 Å². The molecule has 0 aliphatic carbocycles. The summed E-state index contributed by atoms with van der Waals surface area (Å²) in [4.78, 5) is 17.9. The van der Waals surface area contributed by atoms with Crippen molar-refractivity contribution < 1.29 is 9.18 Å². The molecule has 2 aromatic rings. The van der Waals surface area contributed by atoms with Crippen molar-refractivity contribution in [3.8, 4) is 0 Å². The molecule has 3 rings (SSSR count). The van der Waals surface area contributed by atoms with Crippen LogP contribution in [-0.4, -0.2) is 30.0 Å². The average molecular weight is 320 g/mol. The first-order valence-corrected chi connectivity index (χ1v) is 7.42. The Morgan fingerprint density at radius 1 is 1.41 bits per heavy atom. The molecule has 0 saturated carbocycles. The summed E-state index contributed by atoms with van der Waals surface area (Å²) < 4.78 is 13.6. The molecule has 1 atom stereocenters. The minimum absolute atomic E-state index is 0.0148. The van der Waals surface area contributed by atoms with Gasteiger partial charge in [-0.1, -0.05) is 17.7 Å². The van der Waals surface area contributed by atoms with E-state index in [4.69, 9.17) is 11.6 Å². The van der Waals surface area contributed by atoms with E-state index < -0.39 is 11.7 Å². The maximum absolute atomic E-state index is 13.6. The van der Waals surface area contributed by atoms with Crippen molar-refractivity contribution >= 4 is 23.2 Å². The fraction of sp³-hybridized carbons (Fsp3) is 0.250. The Labute approximate surface area is 132 Å². The van der Waals surface area contributed by atoms with Crippen LogP contribution in [0.1, 0.15) is 16.8 Å². The quantitative estimate of drug-likeness (QED) is 0.946. The van der Waals surface area contributed by atoms with E-state index in [0.717, 1.165) is 24.8 Å². The second kappa shape index (κ2) is 6.32. The Bertz CT molecular complexity index is 695. The van der Waals surface area contributed by atoms with Crippen molar-refractivity contribution in [3.63, 3.8) is 0 Å². The number of halogens is 2. The molecule has 1 fully saturated rings. The number of benzene rings is 1. The number of anilines is 1. The molecule has 6 heteroatoms. The van der Waals surface area contributed by atoms with Crippen LogP contribution in [0.15, 0.2) is 42.7 Å². The third kappa shape index (κ3) is 3.20. The summed E-state index contributed by atoms with van der Waals surface area (Å²) >= 11 is 6.00. The monoisotopic (exact) mass is 319 g/mol. The van der Waals surface area contributed by atoms with Crippen molar-refractivity contribution in [2.24, 2.45) is 0 Å². The van der Waals surface area contributed by atoms with Crippen LogP contribution in [0.2, 0.25) is 5.02 Å². The lowest BCUT2D eigenvalue weighted by Crippen LogP contribution is -2.37. The fourth-order valence-electron chi connectivity index (χ4n) is 2.61. The Kier molecular flexibility index (Phi) is 4.24. The number of nitrogens with one attached hydrogen (secondary N) is 1. The van der Waals surface area contributed by atoms with Crippen molar-refractivity contribution in [2.45, 2.75) is 12.5 Å². The number of aromatic nitrogens is 1. The molecule has 0 bridgehead atoms. The molecular formula is C16H15ClFN3O. The molecule has 2 heterocycles. The van der Waals surface area contributed by atoms with Crippen LogP contribution in [0.25, 0.3) is 0 Å². The summed E-state index contributed by atoms with van der Waals surface area (Å²) in [6.45, 7) is 1.50. The highest BCUT2D eigenvalue weighted by Crippen LogP contribution is 2.23. The number of nitrogens with zero attached hydrogens (tertiary/aromatic N) is 2. The number of hydrogen-bond donors (Lipinski definition) is 1. The lowest BCUT2D eigenvalue weighted by atomic mass is 10.2. The van der Waals surface area contributed by atoms with E-state index in [1.807, 2.05) is 24.3 Å². The Balaban J connectivity index is 1.64. The topological polar surface area (TPSA) is 45.2 Å². The third-order valence-corrected chi connectivity index (χ3v) is 3.95.